The number of hydrogen-bond acceptors (Lipinski definition) is 7. The van der Waals surface area contributed by atoms with Gasteiger partial charge in [0, 0.05) is 25.6 Å². The second-order valence-corrected chi connectivity index (χ2v) is 11.6. The summed E-state index contributed by atoms with van der Waals surface area (Å²) in [6.07, 6.45) is 1.74. The van der Waals surface area contributed by atoms with Crippen molar-refractivity contribution < 1.29 is 28.7 Å². The second kappa shape index (κ2) is 15.5. The lowest BCUT2D eigenvalue weighted by Crippen LogP contribution is -2.44. The number of rotatable bonds is 14. The third kappa shape index (κ3) is 13.0. The van der Waals surface area contributed by atoms with Crippen molar-refractivity contribution in [3.8, 4) is 5.75 Å². The molecule has 2 amide bonds. The molecular formula is C27H42N2O6S. The molecule has 36 heavy (non-hydrogen) atoms. The minimum absolute atomic E-state index is 0.0455. The van der Waals surface area contributed by atoms with Crippen molar-refractivity contribution in [3.05, 3.63) is 29.8 Å². The molecule has 0 aliphatic rings. The highest BCUT2D eigenvalue weighted by atomic mass is 32.2. The number of benzene rings is 1. The Hall–Kier alpha value is -2.55. The molecule has 0 spiro atoms. The van der Waals surface area contributed by atoms with Gasteiger partial charge in [-0.2, -0.15) is 11.8 Å². The summed E-state index contributed by atoms with van der Waals surface area (Å²) >= 11 is 1.53. The van der Waals surface area contributed by atoms with E-state index in [0.29, 0.717) is 36.8 Å². The summed E-state index contributed by atoms with van der Waals surface area (Å²) in [5, 5.41) is 5.78. The van der Waals surface area contributed by atoms with Crippen molar-refractivity contribution in [1.29, 1.82) is 0 Å². The first-order valence-electron chi connectivity index (χ1n) is 12.3. The summed E-state index contributed by atoms with van der Waals surface area (Å²) in [6, 6.07) is 6.34. The van der Waals surface area contributed by atoms with Crippen molar-refractivity contribution in [2.45, 2.75) is 72.8 Å². The minimum atomic E-state index is -0.699. The molecule has 9 heteroatoms. The van der Waals surface area contributed by atoms with Gasteiger partial charge in [0.2, 0.25) is 11.8 Å². The Morgan fingerprint density at radius 3 is 2.22 bits per heavy atom. The molecule has 0 saturated heterocycles. The zero-order valence-corrected chi connectivity index (χ0v) is 23.5. The van der Waals surface area contributed by atoms with E-state index in [4.69, 9.17) is 9.47 Å². The Morgan fingerprint density at radius 2 is 1.69 bits per heavy atom. The third-order valence-electron chi connectivity index (χ3n) is 5.13. The molecule has 1 rings (SSSR count). The molecule has 0 aromatic heterocycles. The first kappa shape index (κ1) is 31.5. The van der Waals surface area contributed by atoms with Gasteiger partial charge in [0.1, 0.15) is 11.8 Å². The van der Waals surface area contributed by atoms with Crippen LogP contribution in [0.2, 0.25) is 0 Å². The van der Waals surface area contributed by atoms with Gasteiger partial charge in [-0.05, 0) is 47.6 Å². The summed E-state index contributed by atoms with van der Waals surface area (Å²) in [5.74, 6) is 0.525. The monoisotopic (exact) mass is 522 g/mol. The lowest BCUT2D eigenvalue weighted by atomic mass is 9.89. The third-order valence-corrected chi connectivity index (χ3v) is 6.28. The fourth-order valence-electron chi connectivity index (χ4n) is 3.55. The molecule has 1 aromatic carbocycles. The maximum absolute atomic E-state index is 12.9. The average molecular weight is 523 g/mol. The molecule has 202 valence electrons. The zero-order valence-electron chi connectivity index (χ0n) is 22.6. The highest BCUT2D eigenvalue weighted by molar-refractivity contribution is 7.99. The number of nitrogens with one attached hydrogen (secondary N) is 2. The Morgan fingerprint density at radius 1 is 1.06 bits per heavy atom. The van der Waals surface area contributed by atoms with E-state index in [-0.39, 0.29) is 29.1 Å². The Labute approximate surface area is 219 Å². The quantitative estimate of drug-likeness (QED) is 0.215. The van der Waals surface area contributed by atoms with E-state index in [9.17, 15) is 19.2 Å². The van der Waals surface area contributed by atoms with E-state index in [0.717, 1.165) is 17.7 Å². The molecular weight excluding hydrogens is 480 g/mol. The van der Waals surface area contributed by atoms with Crippen LogP contribution in [0.5, 0.6) is 5.75 Å². The molecule has 2 atom stereocenters. The van der Waals surface area contributed by atoms with E-state index < -0.39 is 12.0 Å². The van der Waals surface area contributed by atoms with E-state index >= 15 is 0 Å². The van der Waals surface area contributed by atoms with Gasteiger partial charge in [-0.1, -0.05) is 46.8 Å². The summed E-state index contributed by atoms with van der Waals surface area (Å²) in [6.45, 7) is 11.9. The number of esters is 2. The highest BCUT2D eigenvalue weighted by Gasteiger charge is 2.24. The van der Waals surface area contributed by atoms with Gasteiger partial charge in [0.15, 0.2) is 0 Å². The maximum atomic E-state index is 12.9. The van der Waals surface area contributed by atoms with Gasteiger partial charge in [0.05, 0.1) is 13.0 Å². The number of ether oxygens (including phenoxy) is 2. The molecule has 0 heterocycles. The van der Waals surface area contributed by atoms with Gasteiger partial charge in [-0.3, -0.25) is 14.4 Å². The summed E-state index contributed by atoms with van der Waals surface area (Å²) in [7, 11) is 1.31. The summed E-state index contributed by atoms with van der Waals surface area (Å²) < 4.78 is 9.91. The number of thioether (sulfide) groups is 1. The molecule has 0 aliphatic heterocycles. The lowest BCUT2D eigenvalue weighted by Gasteiger charge is -2.21. The fourth-order valence-corrected chi connectivity index (χ4v) is 4.52. The van der Waals surface area contributed by atoms with Crippen LogP contribution >= 0.6 is 11.8 Å². The minimum Gasteiger partial charge on any atom is -0.467 e. The normalized spacial score (nSPS) is 13.0. The predicted molar refractivity (Wildman–Crippen MR) is 143 cm³/mol. The Bertz CT molecular complexity index is 864. The summed E-state index contributed by atoms with van der Waals surface area (Å²) in [4.78, 5) is 48.4. The van der Waals surface area contributed by atoms with Crippen molar-refractivity contribution in [3.63, 3.8) is 0 Å². The Kier molecular flexibility index (Phi) is 13.6. The van der Waals surface area contributed by atoms with Crippen molar-refractivity contribution in [2.24, 2.45) is 11.3 Å². The Balaban J connectivity index is 2.54. The van der Waals surface area contributed by atoms with Crippen LogP contribution in [-0.2, 0) is 23.9 Å². The second-order valence-electron chi connectivity index (χ2n) is 10.4. The van der Waals surface area contributed by atoms with Gasteiger partial charge in [0.25, 0.3) is 0 Å². The fraction of sp³-hybridized carbons (Fsp3) is 0.630. The van der Waals surface area contributed by atoms with Crippen molar-refractivity contribution in [2.75, 3.05) is 25.2 Å². The smallest absolute Gasteiger partial charge is 0.329 e. The molecule has 2 N–H and O–H groups in total. The number of carbonyl (C=O) groups excluding carboxylic acids is 4. The number of amides is 2. The summed E-state index contributed by atoms with van der Waals surface area (Å²) in [5.41, 5.74) is 0.701. The van der Waals surface area contributed by atoms with Crippen LogP contribution in [0.15, 0.2) is 24.3 Å². The van der Waals surface area contributed by atoms with Crippen molar-refractivity contribution >= 4 is 35.5 Å². The van der Waals surface area contributed by atoms with Gasteiger partial charge >= 0.3 is 11.9 Å². The van der Waals surface area contributed by atoms with E-state index in [1.54, 1.807) is 12.1 Å². The number of methoxy groups -OCH3 is 1. The standard InChI is InChI=1S/C27H42N2O6S/c1-18(2)15-22(20-9-11-21(12-10-20)35-19(3)30)25(32)28-13-8-14-36-17-23(26(33)34-7)29-24(31)16-27(4,5)6/h9-12,18,22-23H,8,13-17H2,1-7H3,(H,28,32)(H,29,31). The van der Waals surface area contributed by atoms with Gasteiger partial charge in [-0.25, -0.2) is 4.79 Å². The largest absolute Gasteiger partial charge is 0.467 e. The van der Waals surface area contributed by atoms with E-state index in [1.165, 1.54) is 25.8 Å². The van der Waals surface area contributed by atoms with Crippen LogP contribution in [-0.4, -0.2) is 55.0 Å². The zero-order chi connectivity index (χ0) is 27.3. The molecule has 2 unspecified atom stereocenters. The van der Waals surface area contributed by atoms with Crippen LogP contribution in [0.1, 0.15) is 72.3 Å². The van der Waals surface area contributed by atoms with Crippen LogP contribution in [0.4, 0.5) is 0 Å². The van der Waals surface area contributed by atoms with E-state index in [1.807, 2.05) is 32.9 Å². The molecule has 0 aliphatic carbocycles. The molecule has 0 bridgehead atoms. The molecule has 0 radical (unpaired) electrons. The van der Waals surface area contributed by atoms with Gasteiger partial charge < -0.3 is 20.1 Å². The van der Waals surface area contributed by atoms with E-state index in [2.05, 4.69) is 24.5 Å². The van der Waals surface area contributed by atoms with Crippen molar-refractivity contribution in [1.82, 2.24) is 10.6 Å². The van der Waals surface area contributed by atoms with Crippen LogP contribution in [0.25, 0.3) is 0 Å². The number of carbonyl (C=O) groups is 4. The molecule has 0 saturated carbocycles. The van der Waals surface area contributed by atoms with Crippen LogP contribution < -0.4 is 15.4 Å². The molecule has 1 aromatic rings. The first-order valence-corrected chi connectivity index (χ1v) is 13.5. The molecule has 0 fully saturated rings. The lowest BCUT2D eigenvalue weighted by molar-refractivity contribution is -0.144. The first-order chi connectivity index (χ1) is 16.8. The van der Waals surface area contributed by atoms with Crippen LogP contribution in [0, 0.1) is 11.3 Å². The number of hydrogen-bond donors (Lipinski definition) is 2. The topological polar surface area (TPSA) is 111 Å². The average Bonchev–Trinajstić information content (AvgIpc) is 2.77. The molecule has 8 nitrogen and oxygen atoms in total. The highest BCUT2D eigenvalue weighted by Crippen LogP contribution is 2.26. The maximum Gasteiger partial charge on any atom is 0.329 e. The predicted octanol–water partition coefficient (Wildman–Crippen LogP) is 4.08. The SMILES string of the molecule is COC(=O)C(CSCCCNC(=O)C(CC(C)C)c1ccc(OC(C)=O)cc1)NC(=O)CC(C)(C)C. The van der Waals surface area contributed by atoms with Gasteiger partial charge in [-0.15, -0.1) is 0 Å². The van der Waals surface area contributed by atoms with Crippen LogP contribution in [0.3, 0.4) is 0 Å².